The van der Waals surface area contributed by atoms with Gasteiger partial charge in [0.05, 0.1) is 6.54 Å². The molecule has 2 aromatic rings. The van der Waals surface area contributed by atoms with E-state index >= 15 is 0 Å². The number of nitrogens with zero attached hydrogens (tertiary/aromatic N) is 3. The minimum atomic E-state index is -0.813. The number of aromatic nitrogens is 1. The molecule has 2 aliphatic heterocycles. The maximum Gasteiger partial charge on any atom is 0.410 e. The van der Waals surface area contributed by atoms with Crippen molar-refractivity contribution in [1.29, 1.82) is 0 Å². The number of hydrogen-bond acceptors (Lipinski definition) is 6. The van der Waals surface area contributed by atoms with Crippen LogP contribution < -0.4 is 15.6 Å². The van der Waals surface area contributed by atoms with E-state index in [0.29, 0.717) is 13.0 Å². The van der Waals surface area contributed by atoms with E-state index in [4.69, 9.17) is 9.47 Å². The first-order valence-corrected chi connectivity index (χ1v) is 10.6. The maximum absolute atomic E-state index is 13.4. The molecule has 0 radical (unpaired) electrons. The lowest BCUT2D eigenvalue weighted by Crippen LogP contribution is -2.64. The fraction of sp³-hybridized carbons (Fsp3) is 0.435. The van der Waals surface area contributed by atoms with E-state index < -0.39 is 17.4 Å². The van der Waals surface area contributed by atoms with Crippen LogP contribution in [0.2, 0.25) is 0 Å². The standard InChI is InChI=1S/C23H28N4O5/c1-22(2,3)32-21(30)26-13-11-23(15-26)24-27-12-10-17(28)19(18(27)20(29)25(23)4)31-14-16-8-6-5-7-9-16/h5-10,12,24H,11,13-15H2,1-4H3. The highest BCUT2D eigenvalue weighted by molar-refractivity contribution is 5.96. The molecular weight excluding hydrogens is 412 g/mol. The van der Waals surface area contributed by atoms with Crippen LogP contribution in [0.3, 0.4) is 0 Å². The summed E-state index contributed by atoms with van der Waals surface area (Å²) >= 11 is 0. The van der Waals surface area contributed by atoms with Gasteiger partial charge in [-0.05, 0) is 26.3 Å². The Morgan fingerprint density at radius 1 is 1.16 bits per heavy atom. The molecule has 1 N–H and O–H groups in total. The summed E-state index contributed by atoms with van der Waals surface area (Å²) in [5, 5.41) is 0. The fourth-order valence-corrected chi connectivity index (χ4v) is 3.97. The van der Waals surface area contributed by atoms with E-state index in [2.05, 4.69) is 5.43 Å². The Balaban J connectivity index is 1.59. The average Bonchev–Trinajstić information content (AvgIpc) is 3.16. The normalized spacial score (nSPS) is 20.2. The second kappa shape index (κ2) is 7.89. The summed E-state index contributed by atoms with van der Waals surface area (Å²) < 4.78 is 12.8. The largest absolute Gasteiger partial charge is 0.482 e. The number of hydrogen-bond donors (Lipinski definition) is 1. The van der Waals surface area contributed by atoms with Gasteiger partial charge < -0.3 is 19.3 Å². The Labute approximate surface area is 186 Å². The highest BCUT2D eigenvalue weighted by Gasteiger charge is 2.50. The molecule has 9 nitrogen and oxygen atoms in total. The van der Waals surface area contributed by atoms with Crippen molar-refractivity contribution in [3.8, 4) is 5.75 Å². The number of pyridine rings is 1. The van der Waals surface area contributed by atoms with Gasteiger partial charge in [-0.15, -0.1) is 0 Å². The van der Waals surface area contributed by atoms with Crippen LogP contribution in [0.25, 0.3) is 0 Å². The topological polar surface area (TPSA) is 93.1 Å². The number of carbonyl (C=O) groups is 2. The maximum atomic E-state index is 13.4. The molecule has 1 aromatic heterocycles. The Kier molecular flexibility index (Phi) is 5.36. The molecule has 0 bridgehead atoms. The molecule has 2 aliphatic rings. The number of fused-ring (bicyclic) bond motifs is 1. The number of ether oxygens (including phenoxy) is 2. The van der Waals surface area contributed by atoms with E-state index in [1.807, 2.05) is 51.1 Å². The summed E-state index contributed by atoms with van der Waals surface area (Å²) in [6.07, 6.45) is 1.62. The van der Waals surface area contributed by atoms with Gasteiger partial charge >= 0.3 is 6.09 Å². The van der Waals surface area contributed by atoms with Gasteiger partial charge in [-0.25, -0.2) is 4.79 Å². The van der Waals surface area contributed by atoms with Crippen LogP contribution in [0, 0.1) is 0 Å². The van der Waals surface area contributed by atoms with Gasteiger partial charge in [0, 0.05) is 32.3 Å². The summed E-state index contributed by atoms with van der Waals surface area (Å²) in [6, 6.07) is 10.8. The number of amides is 2. The van der Waals surface area contributed by atoms with Gasteiger partial charge in [0.25, 0.3) is 5.91 Å². The zero-order chi connectivity index (χ0) is 23.1. The van der Waals surface area contributed by atoms with E-state index in [1.165, 1.54) is 16.9 Å². The average molecular weight is 441 g/mol. The number of benzene rings is 1. The molecule has 1 aromatic carbocycles. The Hall–Kier alpha value is -3.49. The smallest absolute Gasteiger partial charge is 0.410 e. The molecule has 1 spiro atoms. The fourth-order valence-electron chi connectivity index (χ4n) is 3.97. The lowest BCUT2D eigenvalue weighted by atomic mass is 10.1. The molecule has 2 amide bonds. The number of nitrogens with one attached hydrogen (secondary N) is 1. The van der Waals surface area contributed by atoms with Crippen molar-refractivity contribution in [3.05, 3.63) is 64.1 Å². The van der Waals surface area contributed by atoms with Gasteiger partial charge in [0.2, 0.25) is 5.43 Å². The number of carbonyl (C=O) groups excluding carboxylic acids is 2. The SMILES string of the molecule is CN1C(=O)c2c(OCc3ccccc3)c(=O)ccn2NC12CCN(C(=O)OC(C)(C)C)C2. The van der Waals surface area contributed by atoms with Crippen molar-refractivity contribution in [2.45, 2.75) is 45.1 Å². The number of likely N-dealkylation sites (tertiary alicyclic amines) is 1. The van der Waals surface area contributed by atoms with Crippen LogP contribution in [0.15, 0.2) is 47.4 Å². The van der Waals surface area contributed by atoms with E-state index in [0.717, 1.165) is 5.56 Å². The van der Waals surface area contributed by atoms with Crippen LogP contribution in [0.4, 0.5) is 4.79 Å². The van der Waals surface area contributed by atoms with E-state index in [9.17, 15) is 14.4 Å². The molecule has 32 heavy (non-hydrogen) atoms. The Bertz CT molecular complexity index is 1090. The third kappa shape index (κ3) is 4.02. The Morgan fingerprint density at radius 2 is 1.88 bits per heavy atom. The highest BCUT2D eigenvalue weighted by atomic mass is 16.6. The quantitative estimate of drug-likeness (QED) is 0.788. The van der Waals surface area contributed by atoms with Gasteiger partial charge in [-0.1, -0.05) is 30.3 Å². The lowest BCUT2D eigenvalue weighted by molar-refractivity contribution is 0.0238. The summed E-state index contributed by atoms with van der Waals surface area (Å²) in [6.45, 7) is 6.31. The number of rotatable bonds is 3. The Morgan fingerprint density at radius 3 is 2.56 bits per heavy atom. The van der Waals surface area contributed by atoms with Crippen molar-refractivity contribution >= 4 is 12.0 Å². The third-order valence-corrected chi connectivity index (χ3v) is 5.66. The van der Waals surface area contributed by atoms with Crippen LogP contribution in [-0.4, -0.2) is 57.9 Å². The zero-order valence-corrected chi connectivity index (χ0v) is 18.8. The summed E-state index contributed by atoms with van der Waals surface area (Å²) in [7, 11) is 1.66. The van der Waals surface area contributed by atoms with Crippen LogP contribution >= 0.6 is 0 Å². The molecule has 170 valence electrons. The molecular formula is C23H28N4O5. The minimum Gasteiger partial charge on any atom is -0.482 e. The number of likely N-dealkylation sites (N-methyl/N-ethyl adjacent to an activating group) is 1. The highest BCUT2D eigenvalue weighted by Crippen LogP contribution is 2.33. The molecule has 1 atom stereocenters. The summed E-state index contributed by atoms with van der Waals surface area (Å²) in [5.41, 5.74) is 2.56. The molecule has 4 rings (SSSR count). The van der Waals surface area contributed by atoms with Gasteiger partial charge in [-0.2, -0.15) is 0 Å². The molecule has 1 saturated heterocycles. The summed E-state index contributed by atoms with van der Waals surface area (Å²) in [5.74, 6) is -0.354. The van der Waals surface area contributed by atoms with Crippen LogP contribution in [0.5, 0.6) is 5.75 Å². The zero-order valence-electron chi connectivity index (χ0n) is 18.8. The molecule has 0 saturated carbocycles. The van der Waals surface area contributed by atoms with Crippen molar-refractivity contribution in [3.63, 3.8) is 0 Å². The molecule has 0 aliphatic carbocycles. The first-order chi connectivity index (χ1) is 15.1. The van der Waals surface area contributed by atoms with Gasteiger partial charge in [0.1, 0.15) is 17.9 Å². The molecule has 1 fully saturated rings. The van der Waals surface area contributed by atoms with Gasteiger partial charge in [0.15, 0.2) is 11.4 Å². The first kappa shape index (κ1) is 21.7. The minimum absolute atomic E-state index is 0.00227. The molecule has 1 unspecified atom stereocenters. The van der Waals surface area contributed by atoms with Crippen molar-refractivity contribution in [1.82, 2.24) is 14.5 Å². The van der Waals surface area contributed by atoms with E-state index in [-0.39, 0.29) is 35.9 Å². The van der Waals surface area contributed by atoms with Crippen molar-refractivity contribution in [2.24, 2.45) is 0 Å². The van der Waals surface area contributed by atoms with Crippen LogP contribution in [0.1, 0.15) is 43.2 Å². The van der Waals surface area contributed by atoms with Crippen molar-refractivity contribution < 1.29 is 19.1 Å². The first-order valence-electron chi connectivity index (χ1n) is 10.6. The van der Waals surface area contributed by atoms with Crippen LogP contribution in [-0.2, 0) is 11.3 Å². The van der Waals surface area contributed by atoms with E-state index in [1.54, 1.807) is 16.8 Å². The van der Waals surface area contributed by atoms with Gasteiger partial charge in [-0.3, -0.25) is 19.7 Å². The second-order valence-corrected chi connectivity index (χ2v) is 9.16. The predicted molar refractivity (Wildman–Crippen MR) is 118 cm³/mol. The second-order valence-electron chi connectivity index (χ2n) is 9.16. The third-order valence-electron chi connectivity index (χ3n) is 5.66. The molecule has 9 heteroatoms. The summed E-state index contributed by atoms with van der Waals surface area (Å²) in [4.78, 5) is 41.6. The predicted octanol–water partition coefficient (Wildman–Crippen LogP) is 2.39. The monoisotopic (exact) mass is 440 g/mol. The van der Waals surface area contributed by atoms with Crippen molar-refractivity contribution in [2.75, 3.05) is 25.6 Å². The lowest BCUT2D eigenvalue weighted by Gasteiger charge is -2.44. The molecule has 3 heterocycles.